The number of rotatable bonds is 4. The lowest BCUT2D eigenvalue weighted by atomic mass is 9.86. The zero-order valence-electron chi connectivity index (χ0n) is 16.4. The lowest BCUT2D eigenvalue weighted by Crippen LogP contribution is -2.16. The van der Waals surface area contributed by atoms with E-state index in [1.54, 1.807) is 6.07 Å². The average Bonchev–Trinajstić information content (AvgIpc) is 2.72. The van der Waals surface area contributed by atoms with E-state index in [2.05, 4.69) is 42.0 Å². The quantitative estimate of drug-likeness (QED) is 0.414. The molecule has 0 unspecified atom stereocenters. The Morgan fingerprint density at radius 1 is 0.867 bits per heavy atom. The smallest absolute Gasteiger partial charge is 0.406 e. The van der Waals surface area contributed by atoms with E-state index in [0.29, 0.717) is 24.0 Å². The van der Waals surface area contributed by atoms with Crippen molar-refractivity contribution in [2.45, 2.75) is 32.5 Å². The summed E-state index contributed by atoms with van der Waals surface area (Å²) in [5.74, 6) is -0.716. The van der Waals surface area contributed by atoms with Crippen LogP contribution < -0.4 is 4.74 Å². The van der Waals surface area contributed by atoms with Gasteiger partial charge in [-0.05, 0) is 76.9 Å². The van der Waals surface area contributed by atoms with E-state index in [1.807, 2.05) is 0 Å². The third-order valence-electron chi connectivity index (χ3n) is 5.37. The molecule has 1 nitrogen and oxygen atoms in total. The van der Waals surface area contributed by atoms with E-state index < -0.39 is 6.36 Å². The second-order valence-corrected chi connectivity index (χ2v) is 7.33. The van der Waals surface area contributed by atoms with Crippen molar-refractivity contribution < 1.29 is 22.3 Å². The zero-order valence-corrected chi connectivity index (χ0v) is 16.4. The molecular weight excluding hydrogens is 392 g/mol. The molecule has 0 saturated carbocycles. The second-order valence-electron chi connectivity index (χ2n) is 7.33. The van der Waals surface area contributed by atoms with Gasteiger partial charge in [-0.1, -0.05) is 49.4 Å². The molecule has 0 bridgehead atoms. The van der Waals surface area contributed by atoms with Crippen LogP contribution in [-0.2, 0) is 19.3 Å². The fraction of sp³-hybridized carbons (Fsp3) is 0.200. The monoisotopic (exact) mass is 412 g/mol. The summed E-state index contributed by atoms with van der Waals surface area (Å²) in [7, 11) is 0. The minimum Gasteiger partial charge on any atom is -0.406 e. The van der Waals surface area contributed by atoms with E-state index >= 15 is 0 Å². The van der Waals surface area contributed by atoms with E-state index in [-0.39, 0.29) is 11.6 Å². The molecule has 0 N–H and O–H groups in total. The van der Waals surface area contributed by atoms with Crippen molar-refractivity contribution in [3.05, 3.63) is 94.8 Å². The molecule has 1 aliphatic rings. The number of benzene rings is 3. The van der Waals surface area contributed by atoms with Gasteiger partial charge in [-0.2, -0.15) is 0 Å². The van der Waals surface area contributed by atoms with Crippen molar-refractivity contribution in [1.29, 1.82) is 0 Å². The van der Waals surface area contributed by atoms with E-state index in [0.717, 1.165) is 23.1 Å². The Kier molecular flexibility index (Phi) is 5.37. The molecule has 154 valence electrons. The molecule has 5 heteroatoms. The standard InChI is InChI=1S/C25H20F4O/c1-2-16-3-5-17(6-4-16)19-7-8-20-14-23(24(26)15-21(20)13-19)18-9-11-22(12-10-18)30-25(27,28)29/h3-7,9-12,14-15H,2,8,13H2,1H3. The summed E-state index contributed by atoms with van der Waals surface area (Å²) in [6.07, 6.45) is -0.275. The Labute approximate surface area is 172 Å². The first-order valence-corrected chi connectivity index (χ1v) is 9.78. The number of hydrogen-bond donors (Lipinski definition) is 0. The molecular formula is C25H20F4O. The zero-order chi connectivity index (χ0) is 21.3. The number of allylic oxidation sites excluding steroid dienone is 2. The first-order chi connectivity index (χ1) is 14.3. The maximum atomic E-state index is 14.8. The molecule has 0 atom stereocenters. The van der Waals surface area contributed by atoms with Gasteiger partial charge in [0.25, 0.3) is 0 Å². The maximum Gasteiger partial charge on any atom is 0.573 e. The Bertz CT molecular complexity index is 1080. The van der Waals surface area contributed by atoms with Crippen LogP contribution in [0.25, 0.3) is 16.7 Å². The van der Waals surface area contributed by atoms with Gasteiger partial charge in [-0.15, -0.1) is 13.2 Å². The Hall–Kier alpha value is -3.08. The largest absolute Gasteiger partial charge is 0.573 e. The van der Waals surface area contributed by atoms with Crippen molar-refractivity contribution in [1.82, 2.24) is 0 Å². The average molecular weight is 412 g/mol. The summed E-state index contributed by atoms with van der Waals surface area (Å²) >= 11 is 0. The number of halogens is 4. The van der Waals surface area contributed by atoms with Gasteiger partial charge in [0.05, 0.1) is 0 Å². The highest BCUT2D eigenvalue weighted by Gasteiger charge is 2.31. The van der Waals surface area contributed by atoms with Crippen LogP contribution in [0.4, 0.5) is 17.6 Å². The predicted octanol–water partition coefficient (Wildman–Crippen LogP) is 7.14. The van der Waals surface area contributed by atoms with Gasteiger partial charge in [0.1, 0.15) is 11.6 Å². The molecule has 3 aromatic rings. The van der Waals surface area contributed by atoms with Gasteiger partial charge >= 0.3 is 6.36 Å². The Morgan fingerprint density at radius 3 is 2.17 bits per heavy atom. The minimum atomic E-state index is -4.75. The van der Waals surface area contributed by atoms with Crippen molar-refractivity contribution in [2.75, 3.05) is 0 Å². The molecule has 0 aromatic heterocycles. The van der Waals surface area contributed by atoms with Crippen LogP contribution in [0.1, 0.15) is 29.2 Å². The van der Waals surface area contributed by atoms with Gasteiger partial charge in [0, 0.05) is 5.56 Å². The summed E-state index contributed by atoms with van der Waals surface area (Å²) < 4.78 is 55.7. The van der Waals surface area contributed by atoms with E-state index in [4.69, 9.17) is 0 Å². The fourth-order valence-corrected chi connectivity index (χ4v) is 3.76. The highest BCUT2D eigenvalue weighted by Crippen LogP contribution is 2.34. The summed E-state index contributed by atoms with van der Waals surface area (Å²) in [6, 6.07) is 17.0. The van der Waals surface area contributed by atoms with Gasteiger partial charge in [0.2, 0.25) is 0 Å². The van der Waals surface area contributed by atoms with Crippen LogP contribution >= 0.6 is 0 Å². The lowest BCUT2D eigenvalue weighted by Gasteiger charge is -2.19. The Balaban J connectivity index is 1.57. The second kappa shape index (κ2) is 7.98. The molecule has 0 heterocycles. The highest BCUT2D eigenvalue weighted by molar-refractivity contribution is 5.73. The van der Waals surface area contributed by atoms with Crippen molar-refractivity contribution >= 4 is 5.57 Å². The van der Waals surface area contributed by atoms with Crippen molar-refractivity contribution in [3.8, 4) is 16.9 Å². The first-order valence-electron chi connectivity index (χ1n) is 9.78. The molecule has 0 saturated heterocycles. The van der Waals surface area contributed by atoms with Gasteiger partial charge in [0.15, 0.2) is 0 Å². The van der Waals surface area contributed by atoms with Gasteiger partial charge < -0.3 is 4.74 Å². The first kappa shape index (κ1) is 20.2. The number of hydrogen-bond acceptors (Lipinski definition) is 1. The molecule has 0 fully saturated rings. The molecule has 0 amide bonds. The van der Waals surface area contributed by atoms with Crippen LogP contribution in [-0.4, -0.2) is 6.36 Å². The molecule has 1 aliphatic carbocycles. The number of ether oxygens (including phenoxy) is 1. The molecule has 4 rings (SSSR count). The lowest BCUT2D eigenvalue weighted by molar-refractivity contribution is -0.274. The van der Waals surface area contributed by atoms with Gasteiger partial charge in [-0.25, -0.2) is 4.39 Å². The van der Waals surface area contributed by atoms with Crippen LogP contribution in [0.2, 0.25) is 0 Å². The fourth-order valence-electron chi connectivity index (χ4n) is 3.76. The topological polar surface area (TPSA) is 9.23 Å². The van der Waals surface area contributed by atoms with E-state index in [9.17, 15) is 17.6 Å². The molecule has 0 aliphatic heterocycles. The van der Waals surface area contributed by atoms with Crippen LogP contribution in [0, 0.1) is 5.82 Å². The minimum absolute atomic E-state index is 0.328. The highest BCUT2D eigenvalue weighted by atomic mass is 19.4. The molecule has 0 spiro atoms. The molecule has 30 heavy (non-hydrogen) atoms. The van der Waals surface area contributed by atoms with E-state index in [1.165, 1.54) is 41.5 Å². The summed E-state index contributed by atoms with van der Waals surface area (Å²) in [5.41, 5.74) is 6.43. The van der Waals surface area contributed by atoms with Crippen LogP contribution in [0.15, 0.2) is 66.7 Å². The third kappa shape index (κ3) is 4.40. The maximum absolute atomic E-state index is 14.8. The number of alkyl halides is 3. The Morgan fingerprint density at radius 2 is 1.53 bits per heavy atom. The van der Waals surface area contributed by atoms with Gasteiger partial charge in [-0.3, -0.25) is 0 Å². The number of aryl methyl sites for hydroxylation is 1. The predicted molar refractivity (Wildman–Crippen MR) is 110 cm³/mol. The normalized spacial score (nSPS) is 13.6. The third-order valence-corrected chi connectivity index (χ3v) is 5.37. The summed E-state index contributed by atoms with van der Waals surface area (Å²) in [4.78, 5) is 0. The van der Waals surface area contributed by atoms with Crippen molar-refractivity contribution in [2.24, 2.45) is 0 Å². The summed E-state index contributed by atoms with van der Waals surface area (Å²) in [6.45, 7) is 2.11. The summed E-state index contributed by atoms with van der Waals surface area (Å²) in [5, 5.41) is 0. The molecule has 3 aromatic carbocycles. The van der Waals surface area contributed by atoms with Crippen LogP contribution in [0.5, 0.6) is 5.75 Å². The van der Waals surface area contributed by atoms with Crippen LogP contribution in [0.3, 0.4) is 0 Å². The molecule has 0 radical (unpaired) electrons. The van der Waals surface area contributed by atoms with Crippen molar-refractivity contribution in [3.63, 3.8) is 0 Å². The number of fused-ring (bicyclic) bond motifs is 1. The SMILES string of the molecule is CCc1ccc(C2=CCc3cc(-c4ccc(OC(F)(F)F)cc4)c(F)cc3C2)cc1.